The monoisotopic (exact) mass is 342 g/mol. The summed E-state index contributed by atoms with van der Waals surface area (Å²) < 4.78 is 32.9. The van der Waals surface area contributed by atoms with E-state index in [2.05, 4.69) is 9.62 Å². The van der Waals surface area contributed by atoms with Gasteiger partial charge in [0.1, 0.15) is 0 Å². The van der Waals surface area contributed by atoms with Crippen LogP contribution in [0.5, 0.6) is 0 Å². The molecule has 1 fully saturated rings. The van der Waals surface area contributed by atoms with Crippen molar-refractivity contribution in [2.45, 2.75) is 43.9 Å². The number of ether oxygens (including phenoxy) is 1. The first-order chi connectivity index (χ1) is 10.9. The Labute approximate surface area is 138 Å². The smallest absolute Gasteiger partial charge is 0.240 e. The van der Waals surface area contributed by atoms with Crippen LogP contribution >= 0.6 is 0 Å². The Balaban J connectivity index is 2.02. The Kier molecular flexibility index (Phi) is 6.16. The average molecular weight is 342 g/mol. The summed E-state index contributed by atoms with van der Waals surface area (Å²) in [4.78, 5) is 2.34. The molecule has 0 radical (unpaired) electrons. The molecule has 1 aromatic rings. The van der Waals surface area contributed by atoms with Gasteiger partial charge in [-0.2, -0.15) is 0 Å². The Hall–Kier alpha value is -0.990. The van der Waals surface area contributed by atoms with E-state index in [1.165, 1.54) is 0 Å². The van der Waals surface area contributed by atoms with Crippen LogP contribution in [0.15, 0.2) is 29.2 Å². The van der Waals surface area contributed by atoms with Gasteiger partial charge in [-0.1, -0.05) is 31.5 Å². The molecule has 0 bridgehead atoms. The van der Waals surface area contributed by atoms with Crippen LogP contribution in [-0.4, -0.2) is 62.9 Å². The van der Waals surface area contributed by atoms with Gasteiger partial charge in [-0.25, -0.2) is 13.1 Å². The standard InChI is InChI=1S/C16H26N2O4S/c1-4-18(5-2)10-15-16(19)14(11-22-15)17-23(20,21)13-8-6-12(3)7-9-13/h6-9,14-17,19H,4-5,10-11H2,1-3H3/t14-,15-,16+/m0/s1. The highest BCUT2D eigenvalue weighted by Gasteiger charge is 2.38. The van der Waals surface area contributed by atoms with Crippen molar-refractivity contribution in [1.29, 1.82) is 0 Å². The number of nitrogens with zero attached hydrogens (tertiary/aromatic N) is 1. The molecular formula is C16H26N2O4S. The average Bonchev–Trinajstić information content (AvgIpc) is 2.85. The zero-order chi connectivity index (χ0) is 17.0. The number of rotatable bonds is 7. The lowest BCUT2D eigenvalue weighted by atomic mass is 10.1. The summed E-state index contributed by atoms with van der Waals surface area (Å²) in [5.41, 5.74) is 0.993. The van der Waals surface area contributed by atoms with E-state index in [-0.39, 0.29) is 17.6 Å². The number of sulfonamides is 1. The Bertz CT molecular complexity index is 599. The summed E-state index contributed by atoms with van der Waals surface area (Å²) in [5.74, 6) is 0. The van der Waals surface area contributed by atoms with Crippen molar-refractivity contribution < 1.29 is 18.3 Å². The lowest BCUT2D eigenvalue weighted by Crippen LogP contribution is -2.46. The summed E-state index contributed by atoms with van der Waals surface area (Å²) in [6, 6.07) is 6.00. The maximum atomic E-state index is 12.4. The Morgan fingerprint density at radius 1 is 1.26 bits per heavy atom. The third-order valence-corrected chi connectivity index (χ3v) is 5.76. The molecule has 0 saturated carbocycles. The van der Waals surface area contributed by atoms with Crippen molar-refractivity contribution in [3.8, 4) is 0 Å². The van der Waals surface area contributed by atoms with Crippen molar-refractivity contribution in [2.24, 2.45) is 0 Å². The van der Waals surface area contributed by atoms with E-state index in [1.807, 2.05) is 20.8 Å². The van der Waals surface area contributed by atoms with Crippen molar-refractivity contribution >= 4 is 10.0 Å². The van der Waals surface area contributed by atoms with Crippen LogP contribution in [0.3, 0.4) is 0 Å². The fraction of sp³-hybridized carbons (Fsp3) is 0.625. The first-order valence-electron chi connectivity index (χ1n) is 7.98. The maximum Gasteiger partial charge on any atom is 0.240 e. The largest absolute Gasteiger partial charge is 0.389 e. The van der Waals surface area contributed by atoms with E-state index < -0.39 is 22.2 Å². The summed E-state index contributed by atoms with van der Waals surface area (Å²) in [6.45, 7) is 8.49. The highest BCUT2D eigenvalue weighted by molar-refractivity contribution is 7.89. The van der Waals surface area contributed by atoms with Gasteiger partial charge in [0, 0.05) is 6.54 Å². The number of nitrogens with one attached hydrogen (secondary N) is 1. The van der Waals surface area contributed by atoms with E-state index in [0.29, 0.717) is 6.54 Å². The second kappa shape index (κ2) is 7.72. The predicted octanol–water partition coefficient (Wildman–Crippen LogP) is 0.743. The van der Waals surface area contributed by atoms with Gasteiger partial charge in [-0.15, -0.1) is 0 Å². The number of aliphatic hydroxyl groups is 1. The molecule has 0 spiro atoms. The summed E-state index contributed by atoms with van der Waals surface area (Å²) >= 11 is 0. The molecule has 0 aliphatic carbocycles. The van der Waals surface area contributed by atoms with Gasteiger partial charge in [0.2, 0.25) is 10.0 Å². The second-order valence-corrected chi connectivity index (χ2v) is 7.60. The fourth-order valence-corrected chi connectivity index (χ4v) is 3.91. The minimum atomic E-state index is -3.66. The van der Waals surface area contributed by atoms with Crippen LogP contribution in [0, 0.1) is 6.92 Å². The molecule has 1 aromatic carbocycles. The molecule has 1 aliphatic rings. The topological polar surface area (TPSA) is 78.9 Å². The SMILES string of the molecule is CCN(CC)C[C@@H]1OC[C@H](NS(=O)(=O)c2ccc(C)cc2)[C@H]1O. The predicted molar refractivity (Wildman–Crippen MR) is 88.8 cm³/mol. The molecule has 7 heteroatoms. The number of aliphatic hydroxyl groups excluding tert-OH is 1. The normalized spacial score (nSPS) is 25.2. The number of hydrogen-bond acceptors (Lipinski definition) is 5. The molecule has 1 heterocycles. The van der Waals surface area contributed by atoms with Crippen LogP contribution in [0.1, 0.15) is 19.4 Å². The Morgan fingerprint density at radius 3 is 2.43 bits per heavy atom. The van der Waals surface area contributed by atoms with E-state index in [0.717, 1.165) is 18.7 Å². The van der Waals surface area contributed by atoms with E-state index in [4.69, 9.17) is 4.74 Å². The van der Waals surface area contributed by atoms with Gasteiger partial charge in [0.05, 0.1) is 29.8 Å². The molecule has 0 unspecified atom stereocenters. The first-order valence-corrected chi connectivity index (χ1v) is 9.46. The summed E-state index contributed by atoms with van der Waals surface area (Å²) in [7, 11) is -3.66. The van der Waals surface area contributed by atoms with E-state index in [9.17, 15) is 13.5 Å². The molecule has 0 amide bonds. The third-order valence-electron chi connectivity index (χ3n) is 4.25. The van der Waals surface area contributed by atoms with E-state index in [1.54, 1.807) is 24.3 Å². The zero-order valence-corrected chi connectivity index (χ0v) is 14.7. The molecule has 2 N–H and O–H groups in total. The molecule has 3 atom stereocenters. The highest BCUT2D eigenvalue weighted by Crippen LogP contribution is 2.19. The summed E-state index contributed by atoms with van der Waals surface area (Å²) in [6.07, 6.45) is -1.23. The van der Waals surface area contributed by atoms with Crippen LogP contribution in [0.25, 0.3) is 0 Å². The van der Waals surface area contributed by atoms with Crippen molar-refractivity contribution in [3.63, 3.8) is 0 Å². The van der Waals surface area contributed by atoms with Crippen LogP contribution in [-0.2, 0) is 14.8 Å². The van der Waals surface area contributed by atoms with Gasteiger partial charge < -0.3 is 14.7 Å². The van der Waals surface area contributed by atoms with E-state index >= 15 is 0 Å². The molecular weight excluding hydrogens is 316 g/mol. The van der Waals surface area contributed by atoms with Gasteiger partial charge in [0.25, 0.3) is 0 Å². The molecule has 130 valence electrons. The van der Waals surface area contributed by atoms with Crippen LogP contribution in [0.4, 0.5) is 0 Å². The molecule has 1 aliphatic heterocycles. The zero-order valence-electron chi connectivity index (χ0n) is 13.9. The van der Waals surface area contributed by atoms with Gasteiger partial charge in [-0.3, -0.25) is 0 Å². The minimum absolute atomic E-state index is 0.179. The number of hydrogen-bond donors (Lipinski definition) is 2. The lowest BCUT2D eigenvalue weighted by molar-refractivity contribution is 0.0175. The lowest BCUT2D eigenvalue weighted by Gasteiger charge is -2.24. The van der Waals surface area contributed by atoms with Crippen LogP contribution in [0.2, 0.25) is 0 Å². The van der Waals surface area contributed by atoms with Crippen molar-refractivity contribution in [2.75, 3.05) is 26.2 Å². The van der Waals surface area contributed by atoms with Crippen molar-refractivity contribution in [3.05, 3.63) is 29.8 Å². The van der Waals surface area contributed by atoms with Gasteiger partial charge in [0.15, 0.2) is 0 Å². The number of likely N-dealkylation sites (N-methyl/N-ethyl adjacent to an activating group) is 1. The first kappa shape index (κ1) is 18.4. The van der Waals surface area contributed by atoms with Gasteiger partial charge >= 0.3 is 0 Å². The fourth-order valence-electron chi connectivity index (χ4n) is 2.67. The molecule has 6 nitrogen and oxygen atoms in total. The molecule has 1 saturated heterocycles. The highest BCUT2D eigenvalue weighted by atomic mass is 32.2. The van der Waals surface area contributed by atoms with Crippen molar-refractivity contribution in [1.82, 2.24) is 9.62 Å². The number of aryl methyl sites for hydroxylation is 1. The molecule has 23 heavy (non-hydrogen) atoms. The second-order valence-electron chi connectivity index (χ2n) is 5.89. The molecule has 2 rings (SSSR count). The minimum Gasteiger partial charge on any atom is -0.389 e. The molecule has 0 aromatic heterocycles. The van der Waals surface area contributed by atoms with Crippen LogP contribution < -0.4 is 4.72 Å². The number of benzene rings is 1. The quantitative estimate of drug-likeness (QED) is 0.764. The summed E-state index contributed by atoms with van der Waals surface area (Å²) in [5, 5.41) is 10.4. The van der Waals surface area contributed by atoms with Gasteiger partial charge in [-0.05, 0) is 32.1 Å². The third kappa shape index (κ3) is 4.51. The maximum absolute atomic E-state index is 12.4. The Morgan fingerprint density at radius 2 is 1.87 bits per heavy atom.